The Balaban J connectivity index is 1.88. The summed E-state index contributed by atoms with van der Waals surface area (Å²) in [4.78, 5) is 24.3. The standard InChI is InChI=1S/C18H19ClFN3O4/c1-12(22(2)9-10-27-17-6-4-3-5-15(17)20)18(24)21-16-8-7-13(23(25)26)11-14(16)19/h3-8,11-12H,9-10H2,1-2H3,(H,21,24). The third kappa shape index (κ3) is 5.63. The van der Waals surface area contributed by atoms with Crippen LogP contribution >= 0.6 is 11.6 Å². The normalized spacial score (nSPS) is 11.9. The van der Waals surface area contributed by atoms with Crippen molar-refractivity contribution >= 4 is 28.9 Å². The smallest absolute Gasteiger partial charge is 0.271 e. The molecule has 0 saturated carbocycles. The number of hydrogen-bond acceptors (Lipinski definition) is 5. The average Bonchev–Trinajstić information content (AvgIpc) is 2.63. The predicted molar refractivity (Wildman–Crippen MR) is 101 cm³/mol. The number of nitro groups is 1. The van der Waals surface area contributed by atoms with Crippen LogP contribution in [0.25, 0.3) is 0 Å². The monoisotopic (exact) mass is 395 g/mol. The molecule has 0 aliphatic rings. The summed E-state index contributed by atoms with van der Waals surface area (Å²) in [5.41, 5.74) is 0.128. The Hall–Kier alpha value is -2.71. The molecule has 0 aliphatic carbocycles. The summed E-state index contributed by atoms with van der Waals surface area (Å²) < 4.78 is 18.9. The Morgan fingerprint density at radius 3 is 2.70 bits per heavy atom. The third-order valence-electron chi connectivity index (χ3n) is 4.00. The van der Waals surface area contributed by atoms with E-state index in [-0.39, 0.29) is 34.7 Å². The van der Waals surface area contributed by atoms with E-state index >= 15 is 0 Å². The van der Waals surface area contributed by atoms with Gasteiger partial charge in [-0.05, 0) is 32.2 Å². The number of carbonyl (C=O) groups excluding carboxylic acids is 1. The summed E-state index contributed by atoms with van der Waals surface area (Å²) >= 11 is 5.98. The van der Waals surface area contributed by atoms with Crippen LogP contribution in [0.1, 0.15) is 6.92 Å². The van der Waals surface area contributed by atoms with Gasteiger partial charge in [-0.25, -0.2) is 4.39 Å². The van der Waals surface area contributed by atoms with Crippen LogP contribution in [0.5, 0.6) is 5.75 Å². The molecular formula is C18H19ClFN3O4. The van der Waals surface area contributed by atoms with E-state index in [1.807, 2.05) is 0 Å². The summed E-state index contributed by atoms with van der Waals surface area (Å²) in [6.07, 6.45) is 0. The predicted octanol–water partition coefficient (Wildman–Crippen LogP) is 3.73. The van der Waals surface area contributed by atoms with Gasteiger partial charge in [-0.2, -0.15) is 0 Å². The maximum Gasteiger partial charge on any atom is 0.271 e. The molecule has 1 unspecified atom stereocenters. The molecule has 2 aromatic rings. The van der Waals surface area contributed by atoms with Crippen molar-refractivity contribution < 1.29 is 18.8 Å². The zero-order valence-electron chi connectivity index (χ0n) is 14.8. The van der Waals surface area contributed by atoms with Gasteiger partial charge in [0.1, 0.15) is 6.61 Å². The molecule has 2 aromatic carbocycles. The SMILES string of the molecule is CC(C(=O)Nc1ccc([N+](=O)[O-])cc1Cl)N(C)CCOc1ccccc1F. The highest BCUT2D eigenvalue weighted by atomic mass is 35.5. The number of halogens is 2. The second-order valence-electron chi connectivity index (χ2n) is 5.85. The summed E-state index contributed by atoms with van der Waals surface area (Å²) in [7, 11) is 1.73. The van der Waals surface area contributed by atoms with E-state index in [1.54, 1.807) is 31.0 Å². The van der Waals surface area contributed by atoms with Crippen LogP contribution in [0.4, 0.5) is 15.8 Å². The Morgan fingerprint density at radius 1 is 1.37 bits per heavy atom. The topological polar surface area (TPSA) is 84.7 Å². The second kappa shape index (κ2) is 9.29. The number of nitrogens with zero attached hydrogens (tertiary/aromatic N) is 2. The lowest BCUT2D eigenvalue weighted by molar-refractivity contribution is -0.384. The van der Waals surface area contributed by atoms with E-state index in [9.17, 15) is 19.3 Å². The maximum absolute atomic E-state index is 13.5. The number of non-ortho nitro benzene ring substituents is 1. The van der Waals surface area contributed by atoms with Crippen LogP contribution < -0.4 is 10.1 Å². The number of carbonyl (C=O) groups is 1. The first-order valence-corrected chi connectivity index (χ1v) is 8.49. The van der Waals surface area contributed by atoms with Crippen LogP contribution in [0.3, 0.4) is 0 Å². The fourth-order valence-electron chi connectivity index (χ4n) is 2.21. The molecule has 1 amide bonds. The molecule has 9 heteroatoms. The third-order valence-corrected chi connectivity index (χ3v) is 4.31. The fraction of sp³-hybridized carbons (Fsp3) is 0.278. The molecule has 7 nitrogen and oxygen atoms in total. The number of hydrogen-bond donors (Lipinski definition) is 1. The van der Waals surface area contributed by atoms with Gasteiger partial charge < -0.3 is 10.1 Å². The van der Waals surface area contributed by atoms with Gasteiger partial charge in [-0.15, -0.1) is 0 Å². The Bertz CT molecular complexity index is 834. The van der Waals surface area contributed by atoms with Crippen LogP contribution in [-0.2, 0) is 4.79 Å². The van der Waals surface area contributed by atoms with E-state index in [1.165, 1.54) is 30.3 Å². The summed E-state index contributed by atoms with van der Waals surface area (Å²) in [6.45, 7) is 2.28. The van der Waals surface area contributed by atoms with Gasteiger partial charge in [0, 0.05) is 18.7 Å². The number of anilines is 1. The van der Waals surface area contributed by atoms with Crippen LogP contribution in [0.15, 0.2) is 42.5 Å². The van der Waals surface area contributed by atoms with Gasteiger partial charge >= 0.3 is 0 Å². The van der Waals surface area contributed by atoms with Gasteiger partial charge in [0.25, 0.3) is 5.69 Å². The highest BCUT2D eigenvalue weighted by Crippen LogP contribution is 2.26. The van der Waals surface area contributed by atoms with Crippen molar-refractivity contribution in [3.05, 3.63) is 63.4 Å². The fourth-order valence-corrected chi connectivity index (χ4v) is 2.43. The molecule has 0 radical (unpaired) electrons. The molecular weight excluding hydrogens is 377 g/mol. The molecule has 27 heavy (non-hydrogen) atoms. The summed E-state index contributed by atoms with van der Waals surface area (Å²) in [6, 6.07) is 9.38. The minimum atomic E-state index is -0.566. The molecule has 0 bridgehead atoms. The molecule has 0 aromatic heterocycles. The lowest BCUT2D eigenvalue weighted by atomic mass is 10.2. The van der Waals surface area contributed by atoms with Crippen molar-refractivity contribution in [3.8, 4) is 5.75 Å². The van der Waals surface area contributed by atoms with Crippen molar-refractivity contribution in [1.82, 2.24) is 4.90 Å². The number of para-hydroxylation sites is 1. The molecule has 0 fully saturated rings. The molecule has 1 atom stereocenters. The number of rotatable bonds is 8. The van der Waals surface area contributed by atoms with Gasteiger partial charge in [-0.3, -0.25) is 19.8 Å². The van der Waals surface area contributed by atoms with Crippen molar-refractivity contribution in [2.75, 3.05) is 25.5 Å². The highest BCUT2D eigenvalue weighted by molar-refractivity contribution is 6.34. The molecule has 0 saturated heterocycles. The lowest BCUT2D eigenvalue weighted by Crippen LogP contribution is -2.41. The first-order valence-electron chi connectivity index (χ1n) is 8.12. The number of nitro benzene ring substituents is 1. The van der Waals surface area contributed by atoms with Gasteiger partial charge in [0.2, 0.25) is 5.91 Å². The number of nitrogens with one attached hydrogen (secondary N) is 1. The van der Waals surface area contributed by atoms with Gasteiger partial charge in [0.05, 0.1) is 21.7 Å². The summed E-state index contributed by atoms with van der Waals surface area (Å²) in [5, 5.41) is 13.4. The number of benzene rings is 2. The number of likely N-dealkylation sites (N-methyl/N-ethyl adjacent to an activating group) is 1. The van der Waals surface area contributed by atoms with Crippen LogP contribution in [0.2, 0.25) is 5.02 Å². The Labute approximate surface area is 160 Å². The quantitative estimate of drug-likeness (QED) is 0.544. The molecule has 2 rings (SSSR count). The van der Waals surface area contributed by atoms with Gasteiger partial charge in [0.15, 0.2) is 11.6 Å². The average molecular weight is 396 g/mol. The maximum atomic E-state index is 13.5. The van der Waals surface area contributed by atoms with E-state index in [0.717, 1.165) is 0 Å². The molecule has 0 aliphatic heterocycles. The molecule has 1 N–H and O–H groups in total. The minimum Gasteiger partial charge on any atom is -0.489 e. The zero-order chi connectivity index (χ0) is 20.0. The van der Waals surface area contributed by atoms with Gasteiger partial charge in [-0.1, -0.05) is 23.7 Å². The molecule has 0 spiro atoms. The van der Waals surface area contributed by atoms with E-state index in [4.69, 9.17) is 16.3 Å². The van der Waals surface area contributed by atoms with Crippen molar-refractivity contribution in [2.24, 2.45) is 0 Å². The van der Waals surface area contributed by atoms with Crippen molar-refractivity contribution in [1.29, 1.82) is 0 Å². The number of amides is 1. The summed E-state index contributed by atoms with van der Waals surface area (Å²) in [5.74, 6) is -0.626. The highest BCUT2D eigenvalue weighted by Gasteiger charge is 2.20. The molecule has 144 valence electrons. The largest absolute Gasteiger partial charge is 0.489 e. The van der Waals surface area contributed by atoms with Crippen molar-refractivity contribution in [2.45, 2.75) is 13.0 Å². The van der Waals surface area contributed by atoms with E-state index < -0.39 is 16.8 Å². The lowest BCUT2D eigenvalue weighted by Gasteiger charge is -2.24. The first-order chi connectivity index (χ1) is 12.8. The first kappa shape index (κ1) is 20.6. The molecule has 0 heterocycles. The second-order valence-corrected chi connectivity index (χ2v) is 6.25. The van der Waals surface area contributed by atoms with E-state index in [0.29, 0.717) is 6.54 Å². The van der Waals surface area contributed by atoms with E-state index in [2.05, 4.69) is 5.32 Å². The van der Waals surface area contributed by atoms with Crippen LogP contribution in [0, 0.1) is 15.9 Å². The minimum absolute atomic E-state index is 0.0790. The zero-order valence-corrected chi connectivity index (χ0v) is 15.6. The van der Waals surface area contributed by atoms with Crippen molar-refractivity contribution in [3.63, 3.8) is 0 Å². The Kier molecular flexibility index (Phi) is 7.09. The Morgan fingerprint density at radius 2 is 2.07 bits per heavy atom. The number of ether oxygens (including phenoxy) is 1. The van der Waals surface area contributed by atoms with Crippen LogP contribution in [-0.4, -0.2) is 42.0 Å².